The van der Waals surface area contributed by atoms with Gasteiger partial charge in [-0.05, 0) is 49.7 Å². The number of likely N-dealkylation sites (N-methyl/N-ethyl adjacent to an activating group) is 1. The molecule has 1 aromatic carbocycles. The van der Waals surface area contributed by atoms with Crippen molar-refractivity contribution in [1.29, 1.82) is 0 Å². The van der Waals surface area contributed by atoms with Crippen LogP contribution in [0.1, 0.15) is 24.0 Å². The molecular weight excluding hydrogens is 282 g/mol. The van der Waals surface area contributed by atoms with E-state index in [1.54, 1.807) is 12.1 Å². The van der Waals surface area contributed by atoms with E-state index in [9.17, 15) is 15.0 Å². The van der Waals surface area contributed by atoms with Crippen molar-refractivity contribution < 1.29 is 19.7 Å². The fraction of sp³-hybridized carbons (Fsp3) is 0.588. The van der Waals surface area contributed by atoms with Gasteiger partial charge in [0.2, 0.25) is 0 Å². The molecule has 1 saturated carbocycles. The monoisotopic (exact) mass is 301 g/mol. The fourth-order valence-electron chi connectivity index (χ4n) is 5.45. The zero-order valence-electron chi connectivity index (χ0n) is 12.5. The number of piperidine rings is 1. The Morgan fingerprint density at radius 2 is 2.23 bits per heavy atom. The van der Waals surface area contributed by atoms with Gasteiger partial charge in [-0.25, -0.2) is 0 Å². The minimum atomic E-state index is -0.956. The van der Waals surface area contributed by atoms with E-state index in [1.165, 1.54) is 0 Å². The van der Waals surface area contributed by atoms with Crippen LogP contribution in [-0.2, 0) is 21.4 Å². The second-order valence-electron chi connectivity index (χ2n) is 7.30. The van der Waals surface area contributed by atoms with Crippen LogP contribution in [0.3, 0.4) is 0 Å². The van der Waals surface area contributed by atoms with Gasteiger partial charge in [-0.3, -0.25) is 4.79 Å². The van der Waals surface area contributed by atoms with E-state index < -0.39 is 23.2 Å². The van der Waals surface area contributed by atoms with E-state index in [0.29, 0.717) is 12.8 Å². The number of rotatable bonds is 0. The number of phenols is 1. The first-order chi connectivity index (χ1) is 10.5. The van der Waals surface area contributed by atoms with Gasteiger partial charge in [-0.2, -0.15) is 0 Å². The number of phenolic OH excluding ortho intramolecular Hbond substituents is 1. The molecule has 3 aliphatic heterocycles. The average molecular weight is 301 g/mol. The molecule has 4 bridgehead atoms. The van der Waals surface area contributed by atoms with E-state index >= 15 is 0 Å². The topological polar surface area (TPSA) is 70.0 Å². The smallest absolute Gasteiger partial charge is 0.191 e. The van der Waals surface area contributed by atoms with Crippen molar-refractivity contribution in [2.45, 2.75) is 48.5 Å². The maximum absolute atomic E-state index is 12.4. The van der Waals surface area contributed by atoms with Crippen LogP contribution in [0.2, 0.25) is 0 Å². The molecule has 5 aliphatic rings. The number of ether oxygens (including phenoxy) is 1. The molecule has 0 radical (unpaired) electrons. The number of hydrogen-bond acceptors (Lipinski definition) is 5. The summed E-state index contributed by atoms with van der Waals surface area (Å²) in [6.45, 7) is 0.819. The van der Waals surface area contributed by atoms with Gasteiger partial charge < -0.3 is 19.8 Å². The highest BCUT2D eigenvalue weighted by atomic mass is 16.5. The first-order valence-electron chi connectivity index (χ1n) is 7.91. The van der Waals surface area contributed by atoms with Crippen LogP contribution >= 0.6 is 0 Å². The third-order valence-electron chi connectivity index (χ3n) is 6.52. The summed E-state index contributed by atoms with van der Waals surface area (Å²) in [7, 11) is 2.04. The molecule has 116 valence electrons. The maximum atomic E-state index is 12.4. The Balaban J connectivity index is 1.82. The van der Waals surface area contributed by atoms with Gasteiger partial charge in [0, 0.05) is 12.5 Å². The van der Waals surface area contributed by atoms with Gasteiger partial charge >= 0.3 is 0 Å². The van der Waals surface area contributed by atoms with Gasteiger partial charge in [0.05, 0.1) is 11.0 Å². The Kier molecular flexibility index (Phi) is 2.21. The number of likely N-dealkylation sites (tertiary alicyclic amines) is 1. The van der Waals surface area contributed by atoms with E-state index in [0.717, 1.165) is 24.1 Å². The first-order valence-corrected chi connectivity index (χ1v) is 7.91. The number of carbonyl (C=O) groups excluding carboxylic acids is 1. The number of hydrogen-bond donors (Lipinski definition) is 2. The number of aliphatic hydroxyl groups is 1. The molecule has 3 heterocycles. The molecule has 0 spiro atoms. The van der Waals surface area contributed by atoms with Gasteiger partial charge in [0.15, 0.2) is 5.78 Å². The van der Waals surface area contributed by atoms with Crippen molar-refractivity contribution in [3.63, 3.8) is 0 Å². The van der Waals surface area contributed by atoms with Crippen LogP contribution in [0, 0.1) is 0 Å². The number of ketones is 1. The molecule has 2 N–H and O–H groups in total. The second kappa shape index (κ2) is 3.72. The van der Waals surface area contributed by atoms with Gasteiger partial charge in [0.25, 0.3) is 0 Å². The number of benzene rings is 1. The first kappa shape index (κ1) is 13.0. The lowest BCUT2D eigenvalue weighted by Crippen LogP contribution is -2.83. The summed E-state index contributed by atoms with van der Waals surface area (Å²) in [5.41, 5.74) is 0.363. The maximum Gasteiger partial charge on any atom is 0.191 e. The predicted molar refractivity (Wildman–Crippen MR) is 77.8 cm³/mol. The summed E-state index contributed by atoms with van der Waals surface area (Å²) in [6.07, 6.45) is 0.782. The van der Waals surface area contributed by atoms with E-state index in [2.05, 4.69) is 4.90 Å². The number of carbonyl (C=O) groups is 1. The quantitative estimate of drug-likeness (QED) is 0.724. The highest BCUT2D eigenvalue weighted by Crippen LogP contribution is 2.62. The van der Waals surface area contributed by atoms with E-state index in [4.69, 9.17) is 4.74 Å². The zero-order valence-corrected chi connectivity index (χ0v) is 12.5. The number of Topliss-reactive ketones (excluding diaryl/α,β-unsaturated/α-hetero) is 1. The Morgan fingerprint density at radius 3 is 3.00 bits per heavy atom. The number of nitrogens with zero attached hydrogens (tertiary/aromatic N) is 1. The molecule has 5 nitrogen and oxygen atoms in total. The summed E-state index contributed by atoms with van der Waals surface area (Å²) in [5.74, 6) is 0.297. The Hall–Kier alpha value is -1.43. The minimum absolute atomic E-state index is 0.000271. The molecule has 1 unspecified atom stereocenters. The van der Waals surface area contributed by atoms with Crippen LogP contribution in [0.5, 0.6) is 5.75 Å². The summed E-state index contributed by atoms with van der Waals surface area (Å²) < 4.78 is 5.82. The normalized spacial score (nSPS) is 45.7. The molecule has 4 fully saturated rings. The number of aromatic hydroxyl groups is 1. The van der Waals surface area contributed by atoms with E-state index in [1.807, 2.05) is 13.1 Å². The number of fused-ring (bicyclic) bond motifs is 1. The molecule has 22 heavy (non-hydrogen) atoms. The molecule has 0 aromatic heterocycles. The third kappa shape index (κ3) is 1.18. The molecule has 3 saturated heterocycles. The lowest BCUT2D eigenvalue weighted by Gasteiger charge is -2.69. The van der Waals surface area contributed by atoms with Crippen LogP contribution < -0.4 is 0 Å². The van der Waals surface area contributed by atoms with Gasteiger partial charge in [0.1, 0.15) is 18.0 Å². The zero-order chi connectivity index (χ0) is 15.3. The van der Waals surface area contributed by atoms with Gasteiger partial charge in [-0.15, -0.1) is 0 Å². The van der Waals surface area contributed by atoms with Crippen molar-refractivity contribution in [2.24, 2.45) is 0 Å². The molecule has 2 aliphatic carbocycles. The standard InChI is InChI=1S/C17H19NO4/c1-18-5-4-16-11-7-10(19)3-2-9(11)6-13(18)17(16,21)8-12-14(20)15(16)22-12/h2-3,7,12-13,15,19,21H,4-6,8H2,1H3/t12?,13-,15+,16+,17-/m1/s1. The lowest BCUT2D eigenvalue weighted by atomic mass is 9.46. The van der Waals surface area contributed by atoms with Crippen molar-refractivity contribution >= 4 is 5.78 Å². The van der Waals surface area contributed by atoms with Crippen molar-refractivity contribution in [3.8, 4) is 5.75 Å². The summed E-state index contributed by atoms with van der Waals surface area (Å²) in [5, 5.41) is 21.6. The summed E-state index contributed by atoms with van der Waals surface area (Å²) >= 11 is 0. The molecule has 5 atom stereocenters. The Bertz CT molecular complexity index is 704. The highest BCUT2D eigenvalue weighted by Gasteiger charge is 2.75. The summed E-state index contributed by atoms with van der Waals surface area (Å²) in [4.78, 5) is 14.6. The SMILES string of the molecule is CN1CC[C@@]23c4cc(O)ccc4C[C@@H]1[C@]2(O)CC1O[C@H]3C1=O. The lowest BCUT2D eigenvalue weighted by molar-refractivity contribution is -0.276. The van der Waals surface area contributed by atoms with Crippen LogP contribution in [0.15, 0.2) is 18.2 Å². The predicted octanol–water partition coefficient (Wildman–Crippen LogP) is 0.361. The van der Waals surface area contributed by atoms with Crippen LogP contribution in [-0.4, -0.2) is 58.3 Å². The molecule has 6 rings (SSSR count). The van der Waals surface area contributed by atoms with Crippen LogP contribution in [0.25, 0.3) is 0 Å². The Morgan fingerprint density at radius 1 is 1.41 bits per heavy atom. The molecule has 0 amide bonds. The largest absolute Gasteiger partial charge is 0.508 e. The third-order valence-corrected chi connectivity index (χ3v) is 6.52. The second-order valence-corrected chi connectivity index (χ2v) is 7.30. The minimum Gasteiger partial charge on any atom is -0.508 e. The van der Waals surface area contributed by atoms with Crippen LogP contribution in [0.4, 0.5) is 0 Å². The highest BCUT2D eigenvalue weighted by molar-refractivity contribution is 5.95. The molecule has 1 aromatic rings. The van der Waals surface area contributed by atoms with Gasteiger partial charge in [-0.1, -0.05) is 6.07 Å². The molecule has 5 heteroatoms. The molecular formula is C17H19NO4. The van der Waals surface area contributed by atoms with Crippen molar-refractivity contribution in [3.05, 3.63) is 29.3 Å². The summed E-state index contributed by atoms with van der Waals surface area (Å²) in [6, 6.07) is 5.34. The van der Waals surface area contributed by atoms with Crippen molar-refractivity contribution in [2.75, 3.05) is 13.6 Å². The van der Waals surface area contributed by atoms with E-state index in [-0.39, 0.29) is 17.6 Å². The fourth-order valence-corrected chi connectivity index (χ4v) is 5.45. The Labute approximate surface area is 128 Å². The average Bonchev–Trinajstić information content (AvgIpc) is 2.49. The van der Waals surface area contributed by atoms with Crippen molar-refractivity contribution in [1.82, 2.24) is 4.90 Å².